The van der Waals surface area contributed by atoms with Crippen LogP contribution >= 0.6 is 0 Å². The Morgan fingerprint density at radius 3 is 2.07 bits per heavy atom. The number of hydrogen-bond acceptors (Lipinski definition) is 6. The van der Waals surface area contributed by atoms with Crippen molar-refractivity contribution in [2.75, 3.05) is 73.6 Å². The fourth-order valence-corrected chi connectivity index (χ4v) is 5.20. The minimum atomic E-state index is -3.47. The van der Waals surface area contributed by atoms with Crippen molar-refractivity contribution in [3.63, 3.8) is 0 Å². The predicted molar refractivity (Wildman–Crippen MR) is 109 cm³/mol. The molecule has 0 aliphatic carbocycles. The summed E-state index contributed by atoms with van der Waals surface area (Å²) in [6.07, 6.45) is 0.207. The molecule has 1 aromatic carbocycles. The van der Waals surface area contributed by atoms with Gasteiger partial charge in [-0.2, -0.15) is 17.0 Å². The van der Waals surface area contributed by atoms with Gasteiger partial charge in [0.05, 0.1) is 20.6 Å². The highest BCUT2D eigenvalue weighted by Gasteiger charge is 2.34. The molecule has 2 aliphatic rings. The first-order chi connectivity index (χ1) is 13.8. The summed E-state index contributed by atoms with van der Waals surface area (Å²) in [4.78, 5) is 16.6. The standard InChI is InChI=1S/C19H30N4O5S/c1-20-6-10-22(11-7-20)29(25,26)23-12-8-21(9-13-23)19(24)14-16-4-5-17(27-2)15-18(16)28-3/h4-5,15H,6-14H2,1-3H3. The zero-order chi connectivity index (χ0) is 21.0. The number of carbonyl (C=O) groups is 1. The highest BCUT2D eigenvalue weighted by atomic mass is 32.2. The third-order valence-corrected chi connectivity index (χ3v) is 7.58. The van der Waals surface area contributed by atoms with Gasteiger partial charge in [-0.05, 0) is 13.1 Å². The average molecular weight is 427 g/mol. The van der Waals surface area contributed by atoms with Gasteiger partial charge < -0.3 is 19.3 Å². The number of rotatable bonds is 6. The summed E-state index contributed by atoms with van der Waals surface area (Å²) in [6, 6.07) is 5.37. The zero-order valence-electron chi connectivity index (χ0n) is 17.3. The minimum absolute atomic E-state index is 0.0369. The fourth-order valence-electron chi connectivity index (χ4n) is 3.62. The Morgan fingerprint density at radius 1 is 0.931 bits per heavy atom. The molecule has 0 N–H and O–H groups in total. The summed E-state index contributed by atoms with van der Waals surface area (Å²) in [5.41, 5.74) is 0.783. The lowest BCUT2D eigenvalue weighted by atomic mass is 10.1. The number of amides is 1. The van der Waals surface area contributed by atoms with E-state index >= 15 is 0 Å². The lowest BCUT2D eigenvalue weighted by molar-refractivity contribution is -0.131. The number of carbonyl (C=O) groups excluding carboxylic acids is 1. The van der Waals surface area contributed by atoms with Crippen molar-refractivity contribution in [1.82, 2.24) is 18.4 Å². The third kappa shape index (κ3) is 5.00. The number of benzene rings is 1. The van der Waals surface area contributed by atoms with Crippen LogP contribution in [0.5, 0.6) is 11.5 Å². The first-order valence-electron chi connectivity index (χ1n) is 9.77. The van der Waals surface area contributed by atoms with Gasteiger partial charge in [-0.1, -0.05) is 6.07 Å². The van der Waals surface area contributed by atoms with E-state index in [0.717, 1.165) is 18.7 Å². The van der Waals surface area contributed by atoms with Gasteiger partial charge in [0.15, 0.2) is 0 Å². The highest BCUT2D eigenvalue weighted by molar-refractivity contribution is 7.86. The second-order valence-corrected chi connectivity index (χ2v) is 9.27. The van der Waals surface area contributed by atoms with E-state index in [1.165, 1.54) is 4.31 Å². The molecular formula is C19H30N4O5S. The van der Waals surface area contributed by atoms with Gasteiger partial charge in [0.25, 0.3) is 10.2 Å². The first-order valence-corrected chi connectivity index (χ1v) is 11.2. The van der Waals surface area contributed by atoms with Crippen molar-refractivity contribution in [3.8, 4) is 11.5 Å². The number of ether oxygens (including phenoxy) is 2. The van der Waals surface area contributed by atoms with Crippen LogP contribution in [-0.4, -0.2) is 106 Å². The van der Waals surface area contributed by atoms with E-state index in [1.54, 1.807) is 35.6 Å². The van der Waals surface area contributed by atoms with Crippen molar-refractivity contribution in [1.29, 1.82) is 0 Å². The molecule has 0 spiro atoms. The number of hydrogen-bond donors (Lipinski definition) is 0. The number of piperazine rings is 2. The van der Waals surface area contributed by atoms with Crippen molar-refractivity contribution in [2.45, 2.75) is 6.42 Å². The number of methoxy groups -OCH3 is 2. The summed E-state index contributed by atoms with van der Waals surface area (Å²) < 4.78 is 39.3. The van der Waals surface area contributed by atoms with Crippen molar-refractivity contribution < 1.29 is 22.7 Å². The molecule has 3 rings (SSSR count). The fraction of sp³-hybridized carbons (Fsp3) is 0.632. The molecule has 29 heavy (non-hydrogen) atoms. The van der Waals surface area contributed by atoms with Gasteiger partial charge in [-0.25, -0.2) is 0 Å². The van der Waals surface area contributed by atoms with Crippen LogP contribution in [0.1, 0.15) is 5.56 Å². The number of likely N-dealkylation sites (N-methyl/N-ethyl adjacent to an activating group) is 1. The average Bonchev–Trinajstić information content (AvgIpc) is 2.74. The monoisotopic (exact) mass is 426 g/mol. The maximum Gasteiger partial charge on any atom is 0.282 e. The van der Waals surface area contributed by atoms with E-state index in [0.29, 0.717) is 50.8 Å². The van der Waals surface area contributed by atoms with Gasteiger partial charge in [-0.3, -0.25) is 4.79 Å². The van der Waals surface area contributed by atoms with Gasteiger partial charge in [0.2, 0.25) is 5.91 Å². The molecule has 2 saturated heterocycles. The van der Waals surface area contributed by atoms with E-state index < -0.39 is 10.2 Å². The van der Waals surface area contributed by atoms with E-state index in [2.05, 4.69) is 4.90 Å². The van der Waals surface area contributed by atoms with Gasteiger partial charge in [-0.15, -0.1) is 0 Å². The van der Waals surface area contributed by atoms with E-state index in [4.69, 9.17) is 9.47 Å². The maximum atomic E-state index is 12.9. The van der Waals surface area contributed by atoms with Crippen LogP contribution in [-0.2, 0) is 21.4 Å². The summed E-state index contributed by atoms with van der Waals surface area (Å²) in [5, 5.41) is 0. The molecule has 1 amide bonds. The summed E-state index contributed by atoms with van der Waals surface area (Å²) in [7, 11) is 1.66. The smallest absolute Gasteiger partial charge is 0.282 e. The topological polar surface area (TPSA) is 82.6 Å². The predicted octanol–water partition coefficient (Wildman–Crippen LogP) is -0.117. The lowest BCUT2D eigenvalue weighted by Crippen LogP contribution is -2.57. The van der Waals surface area contributed by atoms with Crippen molar-refractivity contribution in [3.05, 3.63) is 23.8 Å². The Kier molecular flexibility index (Phi) is 6.99. The summed E-state index contributed by atoms with van der Waals surface area (Å²) in [5.74, 6) is 1.24. The zero-order valence-corrected chi connectivity index (χ0v) is 18.2. The largest absolute Gasteiger partial charge is 0.497 e. The molecule has 0 unspecified atom stereocenters. The molecule has 2 fully saturated rings. The molecule has 1 aromatic rings. The molecular weight excluding hydrogens is 396 g/mol. The first kappa shape index (κ1) is 21.8. The van der Waals surface area contributed by atoms with Crippen LogP contribution in [0.2, 0.25) is 0 Å². The Balaban J connectivity index is 1.57. The van der Waals surface area contributed by atoms with Crippen molar-refractivity contribution >= 4 is 16.1 Å². The van der Waals surface area contributed by atoms with E-state index in [9.17, 15) is 13.2 Å². The number of nitrogens with zero attached hydrogens (tertiary/aromatic N) is 4. The van der Waals surface area contributed by atoms with Crippen molar-refractivity contribution in [2.24, 2.45) is 0 Å². The molecule has 0 bridgehead atoms. The van der Waals surface area contributed by atoms with E-state index in [1.807, 2.05) is 13.1 Å². The molecule has 0 aromatic heterocycles. The van der Waals surface area contributed by atoms with E-state index in [-0.39, 0.29) is 12.3 Å². The maximum absolute atomic E-state index is 12.9. The Morgan fingerprint density at radius 2 is 1.52 bits per heavy atom. The Labute approximate surface area is 172 Å². The Bertz CT molecular complexity index is 816. The molecule has 2 heterocycles. The minimum Gasteiger partial charge on any atom is -0.497 e. The van der Waals surface area contributed by atoms with Crippen LogP contribution in [0.15, 0.2) is 18.2 Å². The van der Waals surface area contributed by atoms with Gasteiger partial charge in [0, 0.05) is 64.0 Å². The normalized spacial score (nSPS) is 19.9. The molecule has 162 valence electrons. The SMILES string of the molecule is COc1ccc(CC(=O)N2CCN(S(=O)(=O)N3CCN(C)CC3)CC2)c(OC)c1. The van der Waals surface area contributed by atoms with Crippen LogP contribution in [0.25, 0.3) is 0 Å². The van der Waals surface area contributed by atoms with Crippen LogP contribution in [0.4, 0.5) is 0 Å². The Hall–Kier alpha value is -1.88. The lowest BCUT2D eigenvalue weighted by Gasteiger charge is -2.39. The van der Waals surface area contributed by atoms with Gasteiger partial charge in [0.1, 0.15) is 11.5 Å². The molecule has 0 saturated carbocycles. The second kappa shape index (κ2) is 9.29. The van der Waals surface area contributed by atoms with Crippen LogP contribution in [0, 0.1) is 0 Å². The molecule has 10 heteroatoms. The molecule has 9 nitrogen and oxygen atoms in total. The second-order valence-electron chi connectivity index (χ2n) is 7.34. The molecule has 0 radical (unpaired) electrons. The summed E-state index contributed by atoms with van der Waals surface area (Å²) >= 11 is 0. The highest BCUT2D eigenvalue weighted by Crippen LogP contribution is 2.25. The third-order valence-electron chi connectivity index (χ3n) is 5.54. The molecule has 2 aliphatic heterocycles. The quantitative estimate of drug-likeness (QED) is 0.631. The van der Waals surface area contributed by atoms with Crippen LogP contribution in [0.3, 0.4) is 0 Å². The molecule has 0 atom stereocenters. The summed E-state index contributed by atoms with van der Waals surface area (Å²) in [6.45, 7) is 3.92. The van der Waals surface area contributed by atoms with Crippen LogP contribution < -0.4 is 9.47 Å². The van der Waals surface area contributed by atoms with Gasteiger partial charge >= 0.3 is 0 Å².